The number of hydroxylamine groups is 2. The Bertz CT molecular complexity index is 137. The topological polar surface area (TPSA) is 70.0 Å². The number of hydrogen-bond donors (Lipinski definition) is 2. The van der Waals surface area contributed by atoms with E-state index in [1.165, 1.54) is 7.11 Å². The van der Waals surface area contributed by atoms with E-state index in [1.54, 1.807) is 0 Å². The molecule has 0 saturated carbocycles. The summed E-state index contributed by atoms with van der Waals surface area (Å²) in [6, 6.07) is 0. The van der Waals surface area contributed by atoms with Crippen LogP contribution in [0.25, 0.3) is 0 Å². The minimum atomic E-state index is -0.306. The maximum atomic E-state index is 11.0. The van der Waals surface area contributed by atoms with Gasteiger partial charge in [0.05, 0.1) is 19.6 Å². The van der Waals surface area contributed by atoms with Crippen molar-refractivity contribution in [2.45, 2.75) is 19.8 Å². The standard InChI is InChI=1S/C7H15NO4/c1-3-6(7(9)12-2)4-5-8(10)11/h6,10-11H,3-5H2,1-2H3. The molecule has 0 aliphatic carbocycles. The van der Waals surface area contributed by atoms with Gasteiger partial charge in [-0.25, -0.2) is 0 Å². The lowest BCUT2D eigenvalue weighted by Gasteiger charge is -2.13. The highest BCUT2D eigenvalue weighted by Crippen LogP contribution is 2.09. The zero-order chi connectivity index (χ0) is 9.56. The van der Waals surface area contributed by atoms with Crippen LogP contribution in [0.5, 0.6) is 0 Å². The Morgan fingerprint density at radius 1 is 1.58 bits per heavy atom. The molecule has 0 aliphatic rings. The van der Waals surface area contributed by atoms with Crippen LogP contribution in [-0.4, -0.2) is 35.3 Å². The van der Waals surface area contributed by atoms with E-state index < -0.39 is 0 Å². The molecule has 1 atom stereocenters. The van der Waals surface area contributed by atoms with E-state index in [0.29, 0.717) is 12.8 Å². The smallest absolute Gasteiger partial charge is 0.308 e. The van der Waals surface area contributed by atoms with E-state index in [9.17, 15) is 4.79 Å². The lowest BCUT2D eigenvalue weighted by molar-refractivity contribution is -0.307. The lowest BCUT2D eigenvalue weighted by atomic mass is 10.0. The number of methoxy groups -OCH3 is 1. The second kappa shape index (κ2) is 5.93. The highest BCUT2D eigenvalue weighted by molar-refractivity contribution is 5.72. The van der Waals surface area contributed by atoms with Gasteiger partial charge in [0.1, 0.15) is 0 Å². The normalized spacial score (nSPS) is 13.1. The van der Waals surface area contributed by atoms with E-state index >= 15 is 0 Å². The van der Waals surface area contributed by atoms with Crippen LogP contribution in [0.2, 0.25) is 0 Å². The zero-order valence-corrected chi connectivity index (χ0v) is 7.36. The molecule has 0 bridgehead atoms. The van der Waals surface area contributed by atoms with Crippen LogP contribution in [0.4, 0.5) is 0 Å². The first-order valence-electron chi connectivity index (χ1n) is 3.85. The van der Waals surface area contributed by atoms with Gasteiger partial charge < -0.3 is 4.74 Å². The second-order valence-electron chi connectivity index (χ2n) is 2.51. The molecular formula is C7H15NO4. The Hall–Kier alpha value is -0.650. The number of hydrogen-bond acceptors (Lipinski definition) is 5. The molecule has 0 aliphatic heterocycles. The Morgan fingerprint density at radius 3 is 2.50 bits per heavy atom. The Labute approximate surface area is 71.5 Å². The molecule has 0 aromatic rings. The van der Waals surface area contributed by atoms with Crippen molar-refractivity contribution in [3.05, 3.63) is 0 Å². The maximum Gasteiger partial charge on any atom is 0.308 e. The minimum absolute atomic E-state index is 0.0492. The van der Waals surface area contributed by atoms with E-state index in [-0.39, 0.29) is 23.7 Å². The third-order valence-electron chi connectivity index (χ3n) is 1.70. The molecule has 2 N–H and O–H groups in total. The predicted molar refractivity (Wildman–Crippen MR) is 40.7 cm³/mol. The largest absolute Gasteiger partial charge is 0.469 e. The zero-order valence-electron chi connectivity index (χ0n) is 7.36. The summed E-state index contributed by atoms with van der Waals surface area (Å²) in [4.78, 5) is 11.0. The maximum absolute atomic E-state index is 11.0. The van der Waals surface area contributed by atoms with Crippen molar-refractivity contribution in [3.8, 4) is 0 Å². The molecule has 0 spiro atoms. The molecule has 5 nitrogen and oxygen atoms in total. The molecule has 0 rings (SSSR count). The number of carbonyl (C=O) groups excluding carboxylic acids is 1. The van der Waals surface area contributed by atoms with Crippen molar-refractivity contribution < 1.29 is 19.9 Å². The predicted octanol–water partition coefficient (Wildman–Crippen LogP) is 0.656. The fraction of sp³-hybridized carbons (Fsp3) is 0.857. The average Bonchev–Trinajstić information content (AvgIpc) is 2.04. The Morgan fingerprint density at radius 2 is 2.17 bits per heavy atom. The summed E-state index contributed by atoms with van der Waals surface area (Å²) in [5.74, 6) is -0.559. The third-order valence-corrected chi connectivity index (χ3v) is 1.70. The molecule has 0 aromatic carbocycles. The van der Waals surface area contributed by atoms with Crippen LogP contribution in [0.15, 0.2) is 0 Å². The van der Waals surface area contributed by atoms with Gasteiger partial charge >= 0.3 is 5.97 Å². The third kappa shape index (κ3) is 4.27. The van der Waals surface area contributed by atoms with E-state index in [2.05, 4.69) is 4.74 Å². The second-order valence-corrected chi connectivity index (χ2v) is 2.51. The number of rotatable bonds is 5. The van der Waals surface area contributed by atoms with Gasteiger partial charge in [-0.3, -0.25) is 15.2 Å². The summed E-state index contributed by atoms with van der Waals surface area (Å²) in [7, 11) is 1.32. The van der Waals surface area contributed by atoms with Gasteiger partial charge in [-0.05, 0) is 12.8 Å². The monoisotopic (exact) mass is 177 g/mol. The van der Waals surface area contributed by atoms with Crippen molar-refractivity contribution in [2.24, 2.45) is 5.92 Å². The first kappa shape index (κ1) is 11.4. The van der Waals surface area contributed by atoms with Crippen LogP contribution in [0, 0.1) is 5.92 Å². The summed E-state index contributed by atoms with van der Waals surface area (Å²) in [5, 5.41) is 16.9. The van der Waals surface area contributed by atoms with Crippen LogP contribution in [0.3, 0.4) is 0 Å². The van der Waals surface area contributed by atoms with Crippen molar-refractivity contribution in [3.63, 3.8) is 0 Å². The molecule has 0 aromatic heterocycles. The Balaban J connectivity index is 3.75. The van der Waals surface area contributed by atoms with Crippen molar-refractivity contribution >= 4 is 5.97 Å². The first-order chi connectivity index (χ1) is 5.61. The molecule has 1 unspecified atom stereocenters. The molecule has 0 radical (unpaired) electrons. The molecule has 72 valence electrons. The minimum Gasteiger partial charge on any atom is -0.469 e. The number of ether oxygens (including phenoxy) is 1. The first-order valence-corrected chi connectivity index (χ1v) is 3.85. The number of esters is 1. The summed E-state index contributed by atoms with van der Waals surface area (Å²) >= 11 is 0. The lowest BCUT2D eigenvalue weighted by Crippen LogP contribution is -2.23. The van der Waals surface area contributed by atoms with Crippen LogP contribution >= 0.6 is 0 Å². The molecule has 0 saturated heterocycles. The summed E-state index contributed by atoms with van der Waals surface area (Å²) in [5.41, 5.74) is 0. The quantitative estimate of drug-likeness (QED) is 0.476. The van der Waals surface area contributed by atoms with E-state index in [4.69, 9.17) is 10.4 Å². The highest BCUT2D eigenvalue weighted by atomic mass is 16.8. The molecule has 0 heterocycles. The number of carbonyl (C=O) groups is 1. The van der Waals surface area contributed by atoms with Crippen LogP contribution in [0.1, 0.15) is 19.8 Å². The van der Waals surface area contributed by atoms with Crippen LogP contribution < -0.4 is 0 Å². The molecular weight excluding hydrogens is 162 g/mol. The van der Waals surface area contributed by atoms with Crippen molar-refractivity contribution in [1.82, 2.24) is 5.23 Å². The molecule has 12 heavy (non-hydrogen) atoms. The van der Waals surface area contributed by atoms with Crippen molar-refractivity contribution in [1.29, 1.82) is 0 Å². The highest BCUT2D eigenvalue weighted by Gasteiger charge is 2.16. The fourth-order valence-electron chi connectivity index (χ4n) is 0.927. The van der Waals surface area contributed by atoms with Crippen molar-refractivity contribution in [2.75, 3.05) is 13.7 Å². The van der Waals surface area contributed by atoms with Gasteiger partial charge in [-0.1, -0.05) is 12.2 Å². The van der Waals surface area contributed by atoms with E-state index in [0.717, 1.165) is 0 Å². The van der Waals surface area contributed by atoms with Gasteiger partial charge in [0.25, 0.3) is 0 Å². The molecule has 5 heteroatoms. The Kier molecular flexibility index (Phi) is 5.61. The SMILES string of the molecule is CCC(CCN(O)O)C(=O)OC. The molecule has 0 fully saturated rings. The van der Waals surface area contributed by atoms with Gasteiger partial charge in [0, 0.05) is 0 Å². The van der Waals surface area contributed by atoms with Gasteiger partial charge in [0.2, 0.25) is 0 Å². The number of nitrogens with zero attached hydrogens (tertiary/aromatic N) is 1. The summed E-state index contributed by atoms with van der Waals surface area (Å²) in [6.45, 7) is 1.90. The van der Waals surface area contributed by atoms with E-state index in [1.807, 2.05) is 6.92 Å². The summed E-state index contributed by atoms with van der Waals surface area (Å²) in [6.07, 6.45) is 1.02. The fourth-order valence-corrected chi connectivity index (χ4v) is 0.927. The van der Waals surface area contributed by atoms with Crippen LogP contribution in [-0.2, 0) is 9.53 Å². The van der Waals surface area contributed by atoms with Gasteiger partial charge in [-0.15, -0.1) is 0 Å². The van der Waals surface area contributed by atoms with Gasteiger partial charge in [-0.2, -0.15) is 0 Å². The van der Waals surface area contributed by atoms with Gasteiger partial charge in [0.15, 0.2) is 0 Å². The summed E-state index contributed by atoms with van der Waals surface area (Å²) < 4.78 is 4.51. The molecule has 0 amide bonds. The average molecular weight is 177 g/mol.